The van der Waals surface area contributed by atoms with Crippen molar-refractivity contribution in [2.75, 3.05) is 0 Å². The minimum absolute atomic E-state index is 0.407. The Balaban J connectivity index is 2.76. The zero-order chi connectivity index (χ0) is 6.69. The second-order valence-corrected chi connectivity index (χ2v) is 1.52. The SMILES string of the molecule is NC([C]=O)c1ccon1. The van der Waals surface area contributed by atoms with Gasteiger partial charge in [-0.15, -0.1) is 0 Å². The van der Waals surface area contributed by atoms with Gasteiger partial charge in [0.25, 0.3) is 0 Å². The zero-order valence-electron chi connectivity index (χ0n) is 4.57. The van der Waals surface area contributed by atoms with E-state index in [-0.39, 0.29) is 0 Å². The summed E-state index contributed by atoms with van der Waals surface area (Å²) in [4.78, 5) is 9.87. The second kappa shape index (κ2) is 2.41. The molecule has 1 rings (SSSR count). The maximum Gasteiger partial charge on any atom is 0.223 e. The Hall–Kier alpha value is -1.16. The van der Waals surface area contributed by atoms with Crippen LogP contribution in [0.2, 0.25) is 0 Å². The third-order valence-electron chi connectivity index (χ3n) is 0.903. The van der Waals surface area contributed by atoms with Crippen molar-refractivity contribution in [2.45, 2.75) is 6.04 Å². The molecule has 1 heterocycles. The number of rotatable bonds is 2. The molecule has 1 aromatic rings. The van der Waals surface area contributed by atoms with Crippen LogP contribution >= 0.6 is 0 Å². The third-order valence-corrected chi connectivity index (χ3v) is 0.903. The fourth-order valence-corrected chi connectivity index (χ4v) is 0.443. The molecule has 0 aliphatic heterocycles. The lowest BCUT2D eigenvalue weighted by atomic mass is 10.2. The molecular weight excluding hydrogens is 120 g/mol. The van der Waals surface area contributed by atoms with Gasteiger partial charge in [-0.25, -0.2) is 0 Å². The monoisotopic (exact) mass is 125 g/mol. The van der Waals surface area contributed by atoms with Crippen LogP contribution in [0.1, 0.15) is 11.7 Å². The highest BCUT2D eigenvalue weighted by Crippen LogP contribution is 2.01. The smallest absolute Gasteiger partial charge is 0.223 e. The van der Waals surface area contributed by atoms with Crippen LogP contribution in [0, 0.1) is 0 Å². The van der Waals surface area contributed by atoms with Crippen LogP contribution in [0.4, 0.5) is 0 Å². The first-order valence-electron chi connectivity index (χ1n) is 2.38. The lowest BCUT2D eigenvalue weighted by molar-refractivity contribution is 0.409. The van der Waals surface area contributed by atoms with Crippen LogP contribution in [-0.4, -0.2) is 11.4 Å². The molecule has 4 heteroatoms. The van der Waals surface area contributed by atoms with Crippen molar-refractivity contribution in [1.82, 2.24) is 5.16 Å². The standard InChI is InChI=1S/C5H5N2O2/c6-4(3-8)5-1-2-9-7-5/h1-2,4H,6H2. The van der Waals surface area contributed by atoms with Gasteiger partial charge >= 0.3 is 0 Å². The summed E-state index contributed by atoms with van der Waals surface area (Å²) in [5, 5.41) is 3.42. The number of aromatic nitrogens is 1. The van der Waals surface area contributed by atoms with Crippen LogP contribution < -0.4 is 5.73 Å². The number of carbonyl (C=O) groups excluding carboxylic acids is 1. The number of hydrogen-bond acceptors (Lipinski definition) is 4. The van der Waals surface area contributed by atoms with Gasteiger partial charge in [-0.1, -0.05) is 5.16 Å². The molecule has 1 unspecified atom stereocenters. The van der Waals surface area contributed by atoms with E-state index in [0.29, 0.717) is 5.69 Å². The quantitative estimate of drug-likeness (QED) is 0.593. The van der Waals surface area contributed by atoms with Crippen LogP contribution in [0.5, 0.6) is 0 Å². The van der Waals surface area contributed by atoms with Crippen molar-refractivity contribution in [3.63, 3.8) is 0 Å². The summed E-state index contributed by atoms with van der Waals surface area (Å²) in [6.45, 7) is 0. The molecule has 4 nitrogen and oxygen atoms in total. The van der Waals surface area contributed by atoms with Gasteiger partial charge in [-0.3, -0.25) is 4.79 Å². The van der Waals surface area contributed by atoms with Crippen molar-refractivity contribution in [3.05, 3.63) is 18.0 Å². The van der Waals surface area contributed by atoms with Crippen molar-refractivity contribution in [2.24, 2.45) is 5.73 Å². The average molecular weight is 125 g/mol. The Morgan fingerprint density at radius 2 is 2.67 bits per heavy atom. The summed E-state index contributed by atoms with van der Waals surface area (Å²) < 4.78 is 4.43. The van der Waals surface area contributed by atoms with Crippen LogP contribution in [0.3, 0.4) is 0 Å². The Labute approximate surface area is 51.6 Å². The summed E-state index contributed by atoms with van der Waals surface area (Å²) in [6.07, 6.45) is 2.93. The Morgan fingerprint density at radius 1 is 1.89 bits per heavy atom. The molecule has 47 valence electrons. The molecule has 0 amide bonds. The predicted molar refractivity (Wildman–Crippen MR) is 29.1 cm³/mol. The largest absolute Gasteiger partial charge is 0.364 e. The first kappa shape index (κ1) is 5.97. The van der Waals surface area contributed by atoms with Crippen molar-refractivity contribution in [1.29, 1.82) is 0 Å². The lowest BCUT2D eigenvalue weighted by Crippen LogP contribution is -2.11. The van der Waals surface area contributed by atoms with Gasteiger partial charge in [0.15, 0.2) is 0 Å². The molecule has 0 aromatic carbocycles. The van der Waals surface area contributed by atoms with E-state index >= 15 is 0 Å². The number of nitrogens with two attached hydrogens (primary N) is 1. The molecular formula is C5H5N2O2. The summed E-state index contributed by atoms with van der Waals surface area (Å²) in [7, 11) is 0. The normalized spacial score (nSPS) is 13.0. The average Bonchev–Trinajstić information content (AvgIpc) is 2.37. The summed E-state index contributed by atoms with van der Waals surface area (Å²) >= 11 is 0. The molecule has 0 saturated heterocycles. The molecule has 0 fully saturated rings. The highest BCUT2D eigenvalue weighted by molar-refractivity contribution is 5.60. The van der Waals surface area contributed by atoms with Crippen LogP contribution in [0.25, 0.3) is 0 Å². The number of nitrogens with zero attached hydrogens (tertiary/aromatic N) is 1. The van der Waals surface area contributed by atoms with Gasteiger partial charge < -0.3 is 10.3 Å². The maximum atomic E-state index is 9.87. The molecule has 1 aromatic heterocycles. The highest BCUT2D eigenvalue weighted by atomic mass is 16.5. The van der Waals surface area contributed by atoms with Gasteiger partial charge in [-0.05, 0) is 0 Å². The van der Waals surface area contributed by atoms with E-state index in [1.165, 1.54) is 12.3 Å². The van der Waals surface area contributed by atoms with E-state index in [1.54, 1.807) is 6.29 Å². The first-order chi connectivity index (χ1) is 4.34. The van der Waals surface area contributed by atoms with Crippen molar-refractivity contribution >= 4 is 6.29 Å². The highest BCUT2D eigenvalue weighted by Gasteiger charge is 2.06. The topological polar surface area (TPSA) is 69.1 Å². The molecule has 0 bridgehead atoms. The summed E-state index contributed by atoms with van der Waals surface area (Å²) in [5.41, 5.74) is 5.60. The Morgan fingerprint density at radius 3 is 3.11 bits per heavy atom. The molecule has 1 radical (unpaired) electrons. The fraction of sp³-hybridized carbons (Fsp3) is 0.200. The minimum atomic E-state index is -0.774. The third kappa shape index (κ3) is 1.14. The molecule has 0 saturated carbocycles. The van der Waals surface area contributed by atoms with Crippen LogP contribution in [-0.2, 0) is 4.79 Å². The maximum absolute atomic E-state index is 9.87. The summed E-state index contributed by atoms with van der Waals surface area (Å²) in [5.74, 6) is 0. The van der Waals surface area contributed by atoms with Gasteiger partial charge in [0, 0.05) is 6.07 Å². The van der Waals surface area contributed by atoms with Crippen molar-refractivity contribution in [3.8, 4) is 0 Å². The van der Waals surface area contributed by atoms with Crippen molar-refractivity contribution < 1.29 is 9.32 Å². The molecule has 1 atom stereocenters. The minimum Gasteiger partial charge on any atom is -0.364 e. The lowest BCUT2D eigenvalue weighted by Gasteiger charge is -1.91. The van der Waals surface area contributed by atoms with Gasteiger partial charge in [0.2, 0.25) is 6.29 Å². The van der Waals surface area contributed by atoms with E-state index in [0.717, 1.165) is 0 Å². The van der Waals surface area contributed by atoms with E-state index in [2.05, 4.69) is 9.68 Å². The second-order valence-electron chi connectivity index (χ2n) is 1.52. The molecule has 0 aliphatic carbocycles. The predicted octanol–water partition coefficient (Wildman–Crippen LogP) is -0.216. The van der Waals surface area contributed by atoms with Gasteiger partial charge in [0.05, 0.1) is 0 Å². The molecule has 0 spiro atoms. The Kier molecular flexibility index (Phi) is 1.60. The van der Waals surface area contributed by atoms with E-state index in [1.807, 2.05) is 0 Å². The van der Waals surface area contributed by atoms with E-state index in [9.17, 15) is 4.79 Å². The summed E-state index contributed by atoms with van der Waals surface area (Å²) in [6, 6.07) is 0.749. The Bertz CT molecular complexity index is 183. The van der Waals surface area contributed by atoms with E-state index < -0.39 is 6.04 Å². The zero-order valence-corrected chi connectivity index (χ0v) is 4.57. The molecule has 2 N–H and O–H groups in total. The van der Waals surface area contributed by atoms with Crippen LogP contribution in [0.15, 0.2) is 16.9 Å². The molecule has 9 heavy (non-hydrogen) atoms. The number of hydrogen-bond donors (Lipinski definition) is 1. The fourth-order valence-electron chi connectivity index (χ4n) is 0.443. The molecule has 0 aliphatic rings. The first-order valence-corrected chi connectivity index (χ1v) is 2.38. The van der Waals surface area contributed by atoms with Gasteiger partial charge in [-0.2, -0.15) is 0 Å². The van der Waals surface area contributed by atoms with Gasteiger partial charge in [0.1, 0.15) is 18.0 Å². The van der Waals surface area contributed by atoms with E-state index in [4.69, 9.17) is 5.73 Å².